The molecule has 3 N–H and O–H groups in total. The summed E-state index contributed by atoms with van der Waals surface area (Å²) in [7, 11) is 0.692. The molecule has 4 rings (SSSR count). The molecule has 0 aromatic carbocycles. The maximum absolute atomic E-state index is 8.97. The van der Waals surface area contributed by atoms with E-state index in [0.29, 0.717) is 20.7 Å². The molecular weight excluding hydrogens is 533 g/mol. The number of aliphatic imine (C=N–C) groups is 1. The van der Waals surface area contributed by atoms with Crippen LogP contribution in [0.5, 0.6) is 0 Å². The van der Waals surface area contributed by atoms with E-state index >= 15 is 0 Å². The smallest absolute Gasteiger partial charge is 0.194 e. The number of hydrogen-bond acceptors (Lipinski definition) is 4. The molecule has 0 bridgehead atoms. The predicted octanol–water partition coefficient (Wildman–Crippen LogP) is 7.39. The van der Waals surface area contributed by atoms with E-state index in [2.05, 4.69) is 32.1 Å². The fourth-order valence-corrected chi connectivity index (χ4v) is 9.13. The number of rotatable bonds is 17. The Labute approximate surface area is 261 Å². The zero-order valence-electron chi connectivity index (χ0n) is 27.3. The average Bonchev–Trinajstić information content (AvgIpc) is 3.52. The molecule has 2 aliphatic carbocycles. The minimum atomic E-state index is 0.442. The van der Waals surface area contributed by atoms with Crippen LogP contribution in [0.2, 0.25) is 0 Å². The van der Waals surface area contributed by atoms with Gasteiger partial charge in [-0.1, -0.05) is 110 Å². The van der Waals surface area contributed by atoms with Crippen molar-refractivity contribution in [2.75, 3.05) is 32.7 Å². The molecule has 3 fully saturated rings. The van der Waals surface area contributed by atoms with Crippen molar-refractivity contribution in [1.82, 2.24) is 14.7 Å². The van der Waals surface area contributed by atoms with Crippen molar-refractivity contribution >= 4 is 20.9 Å². The van der Waals surface area contributed by atoms with E-state index in [1.807, 2.05) is 0 Å². The highest BCUT2D eigenvalue weighted by Gasteiger charge is 2.33. The van der Waals surface area contributed by atoms with Crippen LogP contribution in [0.15, 0.2) is 4.99 Å². The summed E-state index contributed by atoms with van der Waals surface area (Å²) in [5.41, 5.74) is 10.5. The predicted molar refractivity (Wildman–Crippen MR) is 181 cm³/mol. The third-order valence-electron chi connectivity index (χ3n) is 10.7. The van der Waals surface area contributed by atoms with Gasteiger partial charge in [0, 0.05) is 47.6 Å². The van der Waals surface area contributed by atoms with E-state index in [9.17, 15) is 0 Å². The highest BCUT2D eigenvalue weighted by atomic mass is 28.2. The Hall–Kier alpha value is -1.46. The first-order valence-corrected chi connectivity index (χ1v) is 19.4. The Morgan fingerprint density at radius 3 is 2.05 bits per heavy atom. The topological polar surface area (TPSA) is 72.0 Å². The first kappa shape index (κ1) is 33.4. The molecule has 0 spiro atoms. The summed E-state index contributed by atoms with van der Waals surface area (Å²) in [4.78, 5) is 11.8. The number of unbranched alkanes of at least 4 members (excludes halogenated alkanes) is 5. The second kappa shape index (κ2) is 19.0. The van der Waals surface area contributed by atoms with Gasteiger partial charge in [-0.3, -0.25) is 10.4 Å². The molecule has 1 saturated heterocycles. The lowest BCUT2D eigenvalue weighted by molar-refractivity contribution is 0.294. The molecule has 2 aliphatic heterocycles. The summed E-state index contributed by atoms with van der Waals surface area (Å²) < 4.78 is 0. The van der Waals surface area contributed by atoms with Crippen LogP contribution in [0.4, 0.5) is 0 Å². The van der Waals surface area contributed by atoms with Gasteiger partial charge in [0.15, 0.2) is 11.9 Å². The molecule has 4 aliphatic rings. The van der Waals surface area contributed by atoms with E-state index in [-0.39, 0.29) is 0 Å². The minimum Gasteiger partial charge on any atom is -0.370 e. The van der Waals surface area contributed by atoms with Crippen molar-refractivity contribution < 1.29 is 0 Å². The van der Waals surface area contributed by atoms with Gasteiger partial charge in [-0.2, -0.15) is 0 Å². The summed E-state index contributed by atoms with van der Waals surface area (Å²) >= 11 is 0. The van der Waals surface area contributed by atoms with Crippen LogP contribution in [-0.2, 0) is 0 Å². The van der Waals surface area contributed by atoms with Crippen molar-refractivity contribution in [1.29, 1.82) is 5.41 Å². The fraction of sp³-hybridized carbons (Fsp3) is 0.914. The first-order valence-electron chi connectivity index (χ1n) is 18.3. The molecule has 238 valence electrons. The van der Waals surface area contributed by atoms with Crippen molar-refractivity contribution in [3.63, 3.8) is 0 Å². The van der Waals surface area contributed by atoms with Gasteiger partial charge >= 0.3 is 0 Å². The number of guanidine groups is 2. The SMILES string of the molecule is CCCCC1CN(CCCCC#[Si]C2CN=C(N)N2CCCCC2CCCCC2)C(=N)N1CCCCC1CCCCC1. The van der Waals surface area contributed by atoms with Crippen LogP contribution in [0.1, 0.15) is 148 Å². The highest BCUT2D eigenvalue weighted by Crippen LogP contribution is 2.29. The van der Waals surface area contributed by atoms with E-state index in [0.717, 1.165) is 69.3 Å². The van der Waals surface area contributed by atoms with Gasteiger partial charge in [0.2, 0.25) is 0 Å². The molecule has 0 radical (unpaired) electrons. The number of nitrogens with two attached hydrogens (primary N) is 1. The van der Waals surface area contributed by atoms with E-state index in [1.54, 1.807) is 0 Å². The summed E-state index contributed by atoms with van der Waals surface area (Å²) in [5.74, 6) is 3.53. The summed E-state index contributed by atoms with van der Waals surface area (Å²) in [6, 6.07) is 0.549. The van der Waals surface area contributed by atoms with Crippen molar-refractivity contribution in [3.05, 3.63) is 0 Å². The quantitative estimate of drug-likeness (QED) is 0.136. The second-order valence-electron chi connectivity index (χ2n) is 13.9. The van der Waals surface area contributed by atoms with Crippen molar-refractivity contribution in [3.8, 4) is 5.50 Å². The van der Waals surface area contributed by atoms with E-state index in [4.69, 9.17) is 11.1 Å². The largest absolute Gasteiger partial charge is 0.370 e. The molecule has 2 unspecified atom stereocenters. The molecule has 0 aromatic rings. The summed E-state index contributed by atoms with van der Waals surface area (Å²) in [6.07, 6.45) is 29.7. The zero-order chi connectivity index (χ0) is 29.4. The Kier molecular flexibility index (Phi) is 15.2. The van der Waals surface area contributed by atoms with Gasteiger partial charge in [-0.15, -0.1) is 5.50 Å². The minimum absolute atomic E-state index is 0.442. The molecule has 0 amide bonds. The molecule has 42 heavy (non-hydrogen) atoms. The molecule has 2 saturated carbocycles. The van der Waals surface area contributed by atoms with Crippen LogP contribution in [0, 0.1) is 22.7 Å². The molecule has 7 heteroatoms. The molecule has 2 atom stereocenters. The van der Waals surface area contributed by atoms with Crippen LogP contribution in [-0.4, -0.2) is 80.0 Å². The lowest BCUT2D eigenvalue weighted by Crippen LogP contribution is -2.42. The Morgan fingerprint density at radius 1 is 0.786 bits per heavy atom. The standard InChI is InChI=1S/C35H64N6Si/c1-2-3-23-32-29-39(35(37)40(32)25-14-11-21-30-17-7-4-8-18-30)24-13-6-16-27-42-33-28-38-34(36)41(33)26-15-12-22-31-19-9-5-10-20-31/h30-33,37H,2-26,28-29H2,1H3,(H2,36,38). The van der Waals surface area contributed by atoms with Gasteiger partial charge in [0.1, 0.15) is 0 Å². The highest BCUT2D eigenvalue weighted by molar-refractivity contribution is 6.27. The zero-order valence-corrected chi connectivity index (χ0v) is 28.3. The Bertz CT molecular complexity index is 868. The second-order valence-corrected chi connectivity index (χ2v) is 15.3. The third kappa shape index (κ3) is 10.9. The fourth-order valence-electron chi connectivity index (χ4n) is 7.98. The van der Waals surface area contributed by atoms with Gasteiger partial charge in [-0.05, 0) is 43.9 Å². The number of nitrogens with zero attached hydrogens (tertiary/aromatic N) is 4. The first-order chi connectivity index (χ1) is 20.7. The van der Waals surface area contributed by atoms with Crippen LogP contribution >= 0.6 is 0 Å². The Balaban J connectivity index is 1.11. The van der Waals surface area contributed by atoms with Crippen molar-refractivity contribution in [2.45, 2.75) is 160 Å². The summed E-state index contributed by atoms with van der Waals surface area (Å²) in [6.45, 7) is 7.38. The molecule has 6 nitrogen and oxygen atoms in total. The van der Waals surface area contributed by atoms with Gasteiger partial charge in [0.25, 0.3) is 0 Å². The Morgan fingerprint density at radius 2 is 1.40 bits per heavy atom. The molecule has 2 heterocycles. The average molecular weight is 597 g/mol. The maximum Gasteiger partial charge on any atom is 0.194 e. The maximum atomic E-state index is 8.97. The number of nitrogens with one attached hydrogen (secondary N) is 1. The summed E-state index contributed by atoms with van der Waals surface area (Å²) in [5, 5.41) is 8.97. The monoisotopic (exact) mass is 596 g/mol. The van der Waals surface area contributed by atoms with Crippen LogP contribution in [0.25, 0.3) is 0 Å². The van der Waals surface area contributed by atoms with Crippen molar-refractivity contribution in [2.24, 2.45) is 22.6 Å². The number of hydrogen-bond donors (Lipinski definition) is 2. The van der Waals surface area contributed by atoms with Crippen LogP contribution < -0.4 is 5.73 Å². The van der Waals surface area contributed by atoms with Gasteiger partial charge in [-0.25, -0.2) is 0 Å². The van der Waals surface area contributed by atoms with Gasteiger partial charge < -0.3 is 20.4 Å². The van der Waals surface area contributed by atoms with Crippen LogP contribution in [0.3, 0.4) is 0 Å². The lowest BCUT2D eigenvalue weighted by atomic mass is 9.86. The lowest BCUT2D eigenvalue weighted by Gasteiger charge is -2.26. The van der Waals surface area contributed by atoms with E-state index < -0.39 is 0 Å². The third-order valence-corrected chi connectivity index (χ3v) is 11.9. The normalized spacial score (nSPS) is 23.9. The molecule has 0 aromatic heterocycles. The van der Waals surface area contributed by atoms with Gasteiger partial charge in [0.05, 0.1) is 12.2 Å². The van der Waals surface area contributed by atoms with E-state index in [1.165, 1.54) is 128 Å². The molecular formula is C35H64N6Si.